The van der Waals surface area contributed by atoms with Gasteiger partial charge in [-0.15, -0.1) is 0 Å². The van der Waals surface area contributed by atoms with Gasteiger partial charge in [0.2, 0.25) is 5.95 Å². The average Bonchev–Trinajstić information content (AvgIpc) is 3.58. The molecule has 1 saturated carbocycles. The van der Waals surface area contributed by atoms with Crippen LogP contribution in [0.15, 0.2) is 67.0 Å². The van der Waals surface area contributed by atoms with Crippen LogP contribution >= 0.6 is 0 Å². The van der Waals surface area contributed by atoms with Crippen molar-refractivity contribution in [1.82, 2.24) is 14.9 Å². The van der Waals surface area contributed by atoms with Gasteiger partial charge in [0.05, 0.1) is 29.4 Å². The molecule has 1 fully saturated rings. The number of carbonyl (C=O) groups excluding carboxylic acids is 1. The van der Waals surface area contributed by atoms with E-state index in [-0.39, 0.29) is 17.2 Å². The molecule has 1 atom stereocenters. The molecule has 37 heavy (non-hydrogen) atoms. The molecule has 0 spiro atoms. The van der Waals surface area contributed by atoms with Crippen molar-refractivity contribution in [2.75, 3.05) is 12.4 Å². The highest BCUT2D eigenvalue weighted by Gasteiger charge is 2.63. The van der Waals surface area contributed by atoms with Crippen molar-refractivity contribution in [1.29, 1.82) is 0 Å². The first-order valence-electron chi connectivity index (χ1n) is 12.4. The molecule has 3 aromatic rings. The average molecular weight is 511 g/mol. The van der Waals surface area contributed by atoms with Gasteiger partial charge in [0.25, 0.3) is 5.66 Å². The molecule has 0 saturated heterocycles. The molecule has 1 unspecified atom stereocenters. The highest BCUT2D eigenvalue weighted by Crippen LogP contribution is 2.49. The van der Waals surface area contributed by atoms with Crippen molar-refractivity contribution >= 4 is 23.0 Å². The van der Waals surface area contributed by atoms with E-state index in [0.29, 0.717) is 40.2 Å². The van der Waals surface area contributed by atoms with E-state index < -0.39 is 17.8 Å². The van der Waals surface area contributed by atoms with E-state index in [2.05, 4.69) is 28.8 Å². The number of para-hydroxylation sites is 1. The maximum atomic E-state index is 15.0. The quantitative estimate of drug-likeness (QED) is 0.346. The number of hydrogen-bond donors (Lipinski definition) is 2. The smallest absolute Gasteiger partial charge is 0.436 e. The first kappa shape index (κ1) is 24.9. The second kappa shape index (κ2) is 9.28. The van der Waals surface area contributed by atoms with Crippen molar-refractivity contribution in [2.24, 2.45) is 5.92 Å². The minimum atomic E-state index is -4.74. The molecule has 2 N–H and O–H groups in total. The summed E-state index contributed by atoms with van der Waals surface area (Å²) in [7, 11) is 1.29. The number of hydrogen-bond acceptors (Lipinski definition) is 5. The van der Waals surface area contributed by atoms with Gasteiger partial charge in [-0.2, -0.15) is 13.2 Å². The van der Waals surface area contributed by atoms with Gasteiger partial charge in [0.15, 0.2) is 0 Å². The van der Waals surface area contributed by atoms with Crippen molar-refractivity contribution in [3.8, 4) is 11.1 Å². The molecular formula is C28H29F3N4O2. The third kappa shape index (κ3) is 4.16. The number of nitrogens with zero attached hydrogens (tertiary/aromatic N) is 2. The number of anilines is 1. The first-order chi connectivity index (χ1) is 17.7. The molecule has 0 radical (unpaired) electrons. The van der Waals surface area contributed by atoms with E-state index in [1.54, 1.807) is 42.5 Å². The predicted molar refractivity (Wildman–Crippen MR) is 137 cm³/mol. The lowest BCUT2D eigenvalue weighted by atomic mass is 9.99. The molecule has 5 rings (SSSR count). The molecule has 2 aliphatic rings. The van der Waals surface area contributed by atoms with Gasteiger partial charge < -0.3 is 15.4 Å². The van der Waals surface area contributed by atoms with Crippen LogP contribution in [0.4, 0.5) is 19.1 Å². The van der Waals surface area contributed by atoms with Crippen LogP contribution in [0, 0.1) is 5.92 Å². The van der Waals surface area contributed by atoms with Crippen LogP contribution in [0.5, 0.6) is 0 Å². The summed E-state index contributed by atoms with van der Waals surface area (Å²) in [6.07, 6.45) is 1.08. The number of allylic oxidation sites excluding steroid dienone is 1. The van der Waals surface area contributed by atoms with E-state index in [0.717, 1.165) is 23.8 Å². The molecule has 0 amide bonds. The van der Waals surface area contributed by atoms with Gasteiger partial charge in [-0.05, 0) is 42.5 Å². The third-order valence-corrected chi connectivity index (χ3v) is 7.41. The lowest BCUT2D eigenvalue weighted by Gasteiger charge is -2.36. The van der Waals surface area contributed by atoms with Crippen LogP contribution in [-0.4, -0.2) is 28.8 Å². The van der Waals surface area contributed by atoms with Crippen LogP contribution < -0.4 is 10.6 Å². The summed E-state index contributed by atoms with van der Waals surface area (Å²) in [6, 6.07) is 11.8. The zero-order valence-electron chi connectivity index (χ0n) is 20.6. The minimum absolute atomic E-state index is 0.0324. The Bertz CT molecular complexity index is 1390. The predicted octanol–water partition coefficient (Wildman–Crippen LogP) is 6.72. The lowest BCUT2D eigenvalue weighted by molar-refractivity contribution is -0.205. The molecule has 2 heterocycles. The summed E-state index contributed by atoms with van der Waals surface area (Å²) in [5.41, 5.74) is -0.393. The Morgan fingerprint density at radius 1 is 1.24 bits per heavy atom. The maximum Gasteiger partial charge on any atom is 0.436 e. The Kier molecular flexibility index (Phi) is 6.25. The molecular weight excluding hydrogens is 481 g/mol. The standard InChI is InChI=1S/C28H29F3N4O2/c1-17(14-15-19-8-4-5-9-19)34-27(28(29,30)31)18(2)32-26-33-24-22(12-7-13-23(24)35(26)27)20-10-6-11-21(16-20)25(36)37-3/h6-7,10-13,16,19,34H,1-2,4-5,8-9,14-15H2,3H3,(H,32,33). The van der Waals surface area contributed by atoms with Crippen molar-refractivity contribution in [3.05, 3.63) is 72.6 Å². The lowest BCUT2D eigenvalue weighted by Crippen LogP contribution is -2.57. The second-order valence-electron chi connectivity index (χ2n) is 9.75. The Balaban J connectivity index is 1.58. The summed E-state index contributed by atoms with van der Waals surface area (Å²) >= 11 is 0. The molecule has 194 valence electrons. The molecule has 1 aliphatic carbocycles. The van der Waals surface area contributed by atoms with Gasteiger partial charge >= 0.3 is 12.1 Å². The fraction of sp³-hybridized carbons (Fsp3) is 0.357. The van der Waals surface area contributed by atoms with Crippen molar-refractivity contribution in [3.63, 3.8) is 0 Å². The summed E-state index contributed by atoms with van der Waals surface area (Å²) in [6.45, 7) is 7.68. The Morgan fingerprint density at radius 2 is 1.97 bits per heavy atom. The van der Waals surface area contributed by atoms with E-state index in [4.69, 9.17) is 4.74 Å². The van der Waals surface area contributed by atoms with E-state index >= 15 is 0 Å². The molecule has 1 aliphatic heterocycles. The highest BCUT2D eigenvalue weighted by atomic mass is 19.4. The van der Waals surface area contributed by atoms with Crippen molar-refractivity contribution < 1.29 is 22.7 Å². The minimum Gasteiger partial charge on any atom is -0.465 e. The zero-order valence-corrected chi connectivity index (χ0v) is 20.6. The van der Waals surface area contributed by atoms with Gasteiger partial charge in [0, 0.05) is 11.3 Å². The van der Waals surface area contributed by atoms with Crippen LogP contribution in [0.25, 0.3) is 22.2 Å². The molecule has 9 heteroatoms. The monoisotopic (exact) mass is 510 g/mol. The Morgan fingerprint density at radius 3 is 2.68 bits per heavy atom. The van der Waals surface area contributed by atoms with Crippen LogP contribution in [0.3, 0.4) is 0 Å². The number of benzene rings is 2. The van der Waals surface area contributed by atoms with E-state index in [1.165, 1.54) is 20.0 Å². The maximum absolute atomic E-state index is 15.0. The van der Waals surface area contributed by atoms with E-state index in [9.17, 15) is 18.0 Å². The molecule has 0 bridgehead atoms. The van der Waals surface area contributed by atoms with Gasteiger partial charge in [-0.1, -0.05) is 63.1 Å². The summed E-state index contributed by atoms with van der Waals surface area (Å²) in [4.78, 5) is 16.6. The number of imidazole rings is 1. The zero-order chi connectivity index (χ0) is 26.4. The van der Waals surface area contributed by atoms with Crippen LogP contribution in [0.2, 0.25) is 0 Å². The number of methoxy groups -OCH3 is 1. The largest absolute Gasteiger partial charge is 0.465 e. The number of rotatable bonds is 7. The molecule has 6 nitrogen and oxygen atoms in total. The Labute approximate surface area is 213 Å². The number of alkyl halides is 3. The van der Waals surface area contributed by atoms with Gasteiger partial charge in [0.1, 0.15) is 0 Å². The fourth-order valence-electron chi connectivity index (χ4n) is 5.54. The molecule has 2 aromatic carbocycles. The summed E-state index contributed by atoms with van der Waals surface area (Å²) in [5.74, 6) is 0.0546. The van der Waals surface area contributed by atoms with E-state index in [1.807, 2.05) is 0 Å². The fourth-order valence-corrected chi connectivity index (χ4v) is 5.54. The Hall–Kier alpha value is -3.75. The first-order valence-corrected chi connectivity index (χ1v) is 12.4. The second-order valence-corrected chi connectivity index (χ2v) is 9.75. The van der Waals surface area contributed by atoms with Crippen molar-refractivity contribution in [2.45, 2.75) is 50.4 Å². The number of halogens is 3. The number of nitrogens with one attached hydrogen (secondary N) is 2. The topological polar surface area (TPSA) is 68.2 Å². The molecule has 1 aromatic heterocycles. The SMILES string of the molecule is C=C(CCC1CCCC1)NC1(C(F)(F)F)C(=C)Nc2nc3c(-c4cccc(C(=O)OC)c4)cccc3n21. The summed E-state index contributed by atoms with van der Waals surface area (Å²) < 4.78 is 50.8. The van der Waals surface area contributed by atoms with Crippen LogP contribution in [-0.2, 0) is 10.4 Å². The van der Waals surface area contributed by atoms with Crippen LogP contribution in [0.1, 0.15) is 48.9 Å². The number of carbonyl (C=O) groups is 1. The summed E-state index contributed by atoms with van der Waals surface area (Å²) in [5, 5.41) is 5.48. The number of esters is 1. The number of ether oxygens (including phenoxy) is 1. The van der Waals surface area contributed by atoms with Gasteiger partial charge in [-0.25, -0.2) is 9.78 Å². The number of aromatic nitrogens is 2. The van der Waals surface area contributed by atoms with Gasteiger partial charge in [-0.3, -0.25) is 4.57 Å². The number of fused-ring (bicyclic) bond motifs is 3. The third-order valence-electron chi connectivity index (χ3n) is 7.41. The highest BCUT2D eigenvalue weighted by molar-refractivity contribution is 5.97. The normalized spacial score (nSPS) is 19.6.